The number of aromatic amines is 1. The van der Waals surface area contributed by atoms with Crippen molar-refractivity contribution in [3.05, 3.63) is 24.3 Å². The van der Waals surface area contributed by atoms with Gasteiger partial charge in [-0.2, -0.15) is 0 Å². The van der Waals surface area contributed by atoms with Crippen LogP contribution in [0.5, 0.6) is 11.5 Å². The second-order valence-corrected chi connectivity index (χ2v) is 3.97. The number of benzene rings is 2. The molecule has 0 bridgehead atoms. The first kappa shape index (κ1) is 9.65. The van der Waals surface area contributed by atoms with Crippen molar-refractivity contribution >= 4 is 33.2 Å². The fourth-order valence-corrected chi connectivity index (χ4v) is 2.06. The van der Waals surface area contributed by atoms with Crippen molar-refractivity contribution in [3.63, 3.8) is 0 Å². The quantitative estimate of drug-likeness (QED) is 0.299. The van der Waals surface area contributed by atoms with E-state index in [-0.39, 0.29) is 22.9 Å². The van der Waals surface area contributed by atoms with E-state index in [1.807, 2.05) is 0 Å². The van der Waals surface area contributed by atoms with Crippen LogP contribution in [-0.2, 0) is 0 Å². The minimum absolute atomic E-state index is 0.0202. The second kappa shape index (κ2) is 2.98. The SMILES string of the molecule is Nc1c(O)ccc2c1[nH]c1c(N)c(O)ccc12. The van der Waals surface area contributed by atoms with Crippen molar-refractivity contribution in [2.45, 2.75) is 0 Å². The van der Waals surface area contributed by atoms with Gasteiger partial charge in [0.25, 0.3) is 0 Å². The molecule has 1 aromatic heterocycles. The zero-order valence-corrected chi connectivity index (χ0v) is 8.86. The number of rotatable bonds is 0. The van der Waals surface area contributed by atoms with E-state index in [1.54, 1.807) is 12.1 Å². The number of phenols is 2. The van der Waals surface area contributed by atoms with E-state index < -0.39 is 0 Å². The van der Waals surface area contributed by atoms with Crippen molar-refractivity contribution in [2.75, 3.05) is 11.5 Å². The van der Waals surface area contributed by atoms with Crippen LogP contribution >= 0.6 is 0 Å². The lowest BCUT2D eigenvalue weighted by Gasteiger charge is -1.99. The monoisotopic (exact) mass is 229 g/mol. The number of aromatic hydroxyl groups is 2. The van der Waals surface area contributed by atoms with Gasteiger partial charge < -0.3 is 26.7 Å². The number of aromatic nitrogens is 1. The maximum atomic E-state index is 9.54. The van der Waals surface area contributed by atoms with E-state index in [0.717, 1.165) is 10.8 Å². The van der Waals surface area contributed by atoms with Crippen LogP contribution in [0.4, 0.5) is 11.4 Å². The van der Waals surface area contributed by atoms with Gasteiger partial charge in [-0.25, -0.2) is 0 Å². The Hall–Kier alpha value is -2.56. The van der Waals surface area contributed by atoms with E-state index in [9.17, 15) is 10.2 Å². The van der Waals surface area contributed by atoms with Gasteiger partial charge >= 0.3 is 0 Å². The van der Waals surface area contributed by atoms with E-state index >= 15 is 0 Å². The molecule has 7 N–H and O–H groups in total. The first-order valence-electron chi connectivity index (χ1n) is 5.10. The molecule has 0 fully saturated rings. The van der Waals surface area contributed by atoms with Gasteiger partial charge in [-0.1, -0.05) is 0 Å². The summed E-state index contributed by atoms with van der Waals surface area (Å²) in [4.78, 5) is 3.03. The van der Waals surface area contributed by atoms with Crippen molar-refractivity contribution in [1.82, 2.24) is 4.98 Å². The van der Waals surface area contributed by atoms with Gasteiger partial charge in [-0.15, -0.1) is 0 Å². The summed E-state index contributed by atoms with van der Waals surface area (Å²) >= 11 is 0. The van der Waals surface area contributed by atoms with Crippen LogP contribution < -0.4 is 11.5 Å². The predicted octanol–water partition coefficient (Wildman–Crippen LogP) is 1.90. The summed E-state index contributed by atoms with van der Waals surface area (Å²) in [5, 5.41) is 20.8. The highest BCUT2D eigenvalue weighted by atomic mass is 16.3. The van der Waals surface area contributed by atoms with Gasteiger partial charge in [0.1, 0.15) is 11.5 Å². The molecule has 0 atom stereocenters. The van der Waals surface area contributed by atoms with E-state index in [0.29, 0.717) is 11.0 Å². The number of phenolic OH excluding ortho intramolecular Hbond substituents is 2. The Bertz CT molecular complexity index is 684. The molecule has 0 saturated carbocycles. The highest BCUT2D eigenvalue weighted by Gasteiger charge is 2.12. The predicted molar refractivity (Wildman–Crippen MR) is 68.0 cm³/mol. The third-order valence-electron chi connectivity index (χ3n) is 2.99. The molecule has 86 valence electrons. The maximum absolute atomic E-state index is 9.54. The van der Waals surface area contributed by atoms with Crippen molar-refractivity contribution in [2.24, 2.45) is 0 Å². The fourth-order valence-electron chi connectivity index (χ4n) is 2.06. The molecule has 2 aromatic carbocycles. The topological polar surface area (TPSA) is 108 Å². The van der Waals surface area contributed by atoms with Crippen LogP contribution in [0.15, 0.2) is 24.3 Å². The number of hydrogen-bond donors (Lipinski definition) is 5. The molecule has 0 spiro atoms. The number of nitrogens with two attached hydrogens (primary N) is 2. The van der Waals surface area contributed by atoms with Crippen LogP contribution in [0.3, 0.4) is 0 Å². The van der Waals surface area contributed by atoms with Gasteiger partial charge in [-0.3, -0.25) is 0 Å². The number of hydrogen-bond acceptors (Lipinski definition) is 4. The van der Waals surface area contributed by atoms with E-state index in [4.69, 9.17) is 11.5 Å². The first-order chi connectivity index (χ1) is 8.09. The molecule has 17 heavy (non-hydrogen) atoms. The van der Waals surface area contributed by atoms with Gasteiger partial charge in [0, 0.05) is 10.8 Å². The highest BCUT2D eigenvalue weighted by Crippen LogP contribution is 2.38. The molecule has 3 aromatic rings. The Balaban J connectivity index is 2.58. The standard InChI is InChI=1S/C12H11N3O2/c13-9-7(16)3-1-5-6-2-4-8(17)10(14)12(6)15-11(5)9/h1-4,15-17H,13-14H2. The summed E-state index contributed by atoms with van der Waals surface area (Å²) in [6.07, 6.45) is 0. The number of anilines is 2. The third-order valence-corrected chi connectivity index (χ3v) is 2.99. The molecule has 3 rings (SSSR count). The Morgan fingerprint density at radius 1 is 0.765 bits per heavy atom. The highest BCUT2D eigenvalue weighted by molar-refractivity contribution is 6.15. The van der Waals surface area contributed by atoms with Crippen LogP contribution in [0.2, 0.25) is 0 Å². The third kappa shape index (κ3) is 1.13. The minimum Gasteiger partial charge on any atom is -0.506 e. The van der Waals surface area contributed by atoms with Crippen LogP contribution in [-0.4, -0.2) is 15.2 Å². The summed E-state index contributed by atoms with van der Waals surface area (Å²) in [5.41, 5.74) is 13.4. The van der Waals surface area contributed by atoms with Gasteiger partial charge in [-0.05, 0) is 24.3 Å². The van der Waals surface area contributed by atoms with Crippen molar-refractivity contribution in [1.29, 1.82) is 0 Å². The summed E-state index contributed by atoms with van der Waals surface area (Å²) < 4.78 is 0. The molecule has 5 nitrogen and oxygen atoms in total. The Morgan fingerprint density at radius 3 is 1.59 bits per heavy atom. The molecule has 0 aliphatic heterocycles. The average molecular weight is 229 g/mol. The Labute approximate surface area is 96.3 Å². The largest absolute Gasteiger partial charge is 0.506 e. The molecular formula is C12H11N3O2. The Morgan fingerprint density at radius 2 is 1.18 bits per heavy atom. The number of H-pyrrole nitrogens is 1. The van der Waals surface area contributed by atoms with Gasteiger partial charge in [0.15, 0.2) is 0 Å². The Kier molecular flexibility index (Phi) is 1.69. The van der Waals surface area contributed by atoms with Crippen molar-refractivity contribution in [3.8, 4) is 11.5 Å². The van der Waals surface area contributed by atoms with Crippen LogP contribution in [0.25, 0.3) is 21.8 Å². The van der Waals surface area contributed by atoms with Crippen LogP contribution in [0.1, 0.15) is 0 Å². The minimum atomic E-state index is 0.0202. The van der Waals surface area contributed by atoms with Crippen molar-refractivity contribution < 1.29 is 10.2 Å². The second-order valence-electron chi connectivity index (χ2n) is 3.97. The average Bonchev–Trinajstić information content (AvgIpc) is 2.69. The zero-order valence-electron chi connectivity index (χ0n) is 8.86. The van der Waals surface area contributed by atoms with Crippen LogP contribution in [0, 0.1) is 0 Å². The summed E-state index contributed by atoms with van der Waals surface area (Å²) in [6.45, 7) is 0. The molecule has 0 aliphatic carbocycles. The lowest BCUT2D eigenvalue weighted by atomic mass is 10.1. The van der Waals surface area contributed by atoms with Gasteiger partial charge in [0.2, 0.25) is 0 Å². The van der Waals surface area contributed by atoms with E-state index in [1.165, 1.54) is 12.1 Å². The molecule has 5 heteroatoms. The number of nitrogen functional groups attached to an aromatic ring is 2. The maximum Gasteiger partial charge on any atom is 0.140 e. The molecular weight excluding hydrogens is 218 g/mol. The molecule has 1 heterocycles. The molecule has 0 unspecified atom stereocenters. The van der Waals surface area contributed by atoms with E-state index in [2.05, 4.69) is 4.98 Å². The zero-order chi connectivity index (χ0) is 12.2. The lowest BCUT2D eigenvalue weighted by Crippen LogP contribution is -1.87. The summed E-state index contributed by atoms with van der Waals surface area (Å²) in [7, 11) is 0. The molecule has 0 saturated heterocycles. The summed E-state index contributed by atoms with van der Waals surface area (Å²) in [5.74, 6) is 0.0405. The normalized spacial score (nSPS) is 11.3. The summed E-state index contributed by atoms with van der Waals surface area (Å²) in [6, 6.07) is 6.59. The lowest BCUT2D eigenvalue weighted by molar-refractivity contribution is 0.478. The molecule has 0 aliphatic rings. The molecule has 0 amide bonds. The number of fused-ring (bicyclic) bond motifs is 3. The first-order valence-corrected chi connectivity index (χ1v) is 5.10. The molecule has 0 radical (unpaired) electrons. The van der Waals surface area contributed by atoms with Gasteiger partial charge in [0.05, 0.1) is 22.4 Å². The smallest absolute Gasteiger partial charge is 0.140 e. The number of nitrogens with one attached hydrogen (secondary N) is 1. The fraction of sp³-hybridized carbons (Fsp3) is 0.